The number of carboxylic acid groups (broad SMARTS) is 1. The normalized spacial score (nSPS) is 14.7. The van der Waals surface area contributed by atoms with Crippen molar-refractivity contribution in [3.05, 3.63) is 53.6 Å². The molecule has 0 atom stereocenters. The summed E-state index contributed by atoms with van der Waals surface area (Å²) in [4.78, 5) is 23.3. The quantitative estimate of drug-likeness (QED) is 0.857. The van der Waals surface area contributed by atoms with Gasteiger partial charge in [-0.05, 0) is 62.6 Å². The molecule has 0 unspecified atom stereocenters. The van der Waals surface area contributed by atoms with Crippen LogP contribution in [0.4, 0.5) is 5.69 Å². The number of carbonyl (C=O) groups excluding carboxylic acids is 1. The maximum absolute atomic E-state index is 12.1. The van der Waals surface area contributed by atoms with Crippen molar-refractivity contribution in [2.75, 3.05) is 11.9 Å². The molecule has 26 heavy (non-hydrogen) atoms. The van der Waals surface area contributed by atoms with Crippen LogP contribution in [0.3, 0.4) is 0 Å². The van der Waals surface area contributed by atoms with Crippen LogP contribution in [-0.4, -0.2) is 29.2 Å². The lowest BCUT2D eigenvalue weighted by atomic mass is 9.94. The Morgan fingerprint density at radius 2 is 2.00 bits per heavy atom. The van der Waals surface area contributed by atoms with Gasteiger partial charge >= 0.3 is 5.97 Å². The van der Waals surface area contributed by atoms with Crippen molar-refractivity contribution in [3.63, 3.8) is 0 Å². The monoisotopic (exact) mass is 355 g/mol. The number of rotatable bonds is 5. The van der Waals surface area contributed by atoms with Gasteiger partial charge in [0, 0.05) is 0 Å². The van der Waals surface area contributed by atoms with Gasteiger partial charge in [0.05, 0.1) is 11.3 Å². The number of ether oxygens (including phenoxy) is 2. The molecule has 0 aromatic heterocycles. The molecule has 1 aliphatic heterocycles. The number of anilines is 1. The van der Waals surface area contributed by atoms with Gasteiger partial charge in [-0.3, -0.25) is 4.79 Å². The van der Waals surface area contributed by atoms with E-state index in [-0.39, 0.29) is 23.5 Å². The molecule has 3 rings (SSSR count). The van der Waals surface area contributed by atoms with Crippen LogP contribution in [0, 0.1) is 0 Å². The zero-order chi connectivity index (χ0) is 18.7. The predicted molar refractivity (Wildman–Crippen MR) is 97.0 cm³/mol. The zero-order valence-electron chi connectivity index (χ0n) is 14.7. The number of aryl methyl sites for hydroxylation is 1. The van der Waals surface area contributed by atoms with E-state index in [1.54, 1.807) is 24.3 Å². The average molecular weight is 355 g/mol. The van der Waals surface area contributed by atoms with Crippen LogP contribution in [0.5, 0.6) is 11.5 Å². The number of hydrogen-bond donors (Lipinski definition) is 2. The molecular weight excluding hydrogens is 334 g/mol. The summed E-state index contributed by atoms with van der Waals surface area (Å²) in [6.07, 6.45) is 1.80. The molecule has 0 bridgehead atoms. The predicted octanol–water partition coefficient (Wildman–Crippen LogP) is 3.51. The molecular formula is C20H21NO5. The van der Waals surface area contributed by atoms with Gasteiger partial charge in [-0.15, -0.1) is 0 Å². The lowest BCUT2D eigenvalue weighted by Gasteiger charge is -2.32. The van der Waals surface area contributed by atoms with E-state index < -0.39 is 11.9 Å². The molecule has 0 saturated carbocycles. The SMILES string of the molecule is CC1(C)CCc2cc(OCC(=O)Nc3ccccc3C(=O)O)ccc2O1. The van der Waals surface area contributed by atoms with E-state index in [9.17, 15) is 9.59 Å². The second-order valence-corrected chi connectivity index (χ2v) is 6.82. The Kier molecular flexibility index (Phi) is 4.84. The Balaban J connectivity index is 1.61. The molecule has 0 aliphatic carbocycles. The molecule has 6 heteroatoms. The summed E-state index contributed by atoms with van der Waals surface area (Å²) < 4.78 is 11.5. The second-order valence-electron chi connectivity index (χ2n) is 6.82. The molecule has 2 N–H and O–H groups in total. The van der Waals surface area contributed by atoms with E-state index in [0.29, 0.717) is 5.75 Å². The Bertz CT molecular complexity index is 844. The van der Waals surface area contributed by atoms with Gasteiger partial charge in [-0.25, -0.2) is 4.79 Å². The Morgan fingerprint density at radius 1 is 1.23 bits per heavy atom. The largest absolute Gasteiger partial charge is 0.488 e. The molecule has 2 aromatic carbocycles. The molecule has 136 valence electrons. The van der Waals surface area contributed by atoms with Crippen molar-refractivity contribution < 1.29 is 24.2 Å². The summed E-state index contributed by atoms with van der Waals surface area (Å²) in [5.41, 5.74) is 1.16. The van der Waals surface area contributed by atoms with Gasteiger partial charge in [0.25, 0.3) is 5.91 Å². The summed E-state index contributed by atoms with van der Waals surface area (Å²) in [5, 5.41) is 11.7. The zero-order valence-corrected chi connectivity index (χ0v) is 14.7. The van der Waals surface area contributed by atoms with Crippen molar-refractivity contribution in [1.82, 2.24) is 0 Å². The minimum Gasteiger partial charge on any atom is -0.488 e. The molecule has 2 aromatic rings. The Morgan fingerprint density at radius 3 is 2.77 bits per heavy atom. The van der Waals surface area contributed by atoms with Crippen LogP contribution in [0.1, 0.15) is 36.2 Å². The van der Waals surface area contributed by atoms with Crippen molar-refractivity contribution in [2.45, 2.75) is 32.3 Å². The van der Waals surface area contributed by atoms with Gasteiger partial charge in [0.15, 0.2) is 6.61 Å². The van der Waals surface area contributed by atoms with Crippen molar-refractivity contribution in [3.8, 4) is 11.5 Å². The Labute approximate surface area is 151 Å². The fourth-order valence-corrected chi connectivity index (χ4v) is 2.84. The molecule has 6 nitrogen and oxygen atoms in total. The van der Waals surface area contributed by atoms with Crippen LogP contribution in [-0.2, 0) is 11.2 Å². The average Bonchev–Trinajstić information content (AvgIpc) is 2.59. The highest BCUT2D eigenvalue weighted by Gasteiger charge is 2.26. The van der Waals surface area contributed by atoms with Gasteiger partial charge in [-0.1, -0.05) is 12.1 Å². The lowest BCUT2D eigenvalue weighted by Crippen LogP contribution is -2.32. The first-order valence-corrected chi connectivity index (χ1v) is 8.41. The Hall–Kier alpha value is -3.02. The van der Waals surface area contributed by atoms with Crippen LogP contribution in [0.25, 0.3) is 0 Å². The van der Waals surface area contributed by atoms with Gasteiger partial charge < -0.3 is 19.9 Å². The van der Waals surface area contributed by atoms with E-state index in [1.165, 1.54) is 6.07 Å². The third kappa shape index (κ3) is 4.14. The topological polar surface area (TPSA) is 84.9 Å². The van der Waals surface area contributed by atoms with Crippen LogP contribution < -0.4 is 14.8 Å². The number of amides is 1. The number of para-hydroxylation sites is 1. The summed E-state index contributed by atoms with van der Waals surface area (Å²) in [6.45, 7) is 3.90. The summed E-state index contributed by atoms with van der Waals surface area (Å²) in [7, 11) is 0. The lowest BCUT2D eigenvalue weighted by molar-refractivity contribution is -0.118. The number of carbonyl (C=O) groups is 2. The number of aromatic carboxylic acids is 1. The highest BCUT2D eigenvalue weighted by molar-refractivity contribution is 6.00. The molecule has 1 amide bonds. The van der Waals surface area contributed by atoms with Gasteiger partial charge in [0.2, 0.25) is 0 Å². The first kappa shape index (κ1) is 17.8. The number of nitrogens with one attached hydrogen (secondary N) is 1. The fourth-order valence-electron chi connectivity index (χ4n) is 2.84. The number of hydrogen-bond acceptors (Lipinski definition) is 4. The van der Waals surface area contributed by atoms with Crippen molar-refractivity contribution >= 4 is 17.6 Å². The van der Waals surface area contributed by atoms with Crippen LogP contribution in [0.15, 0.2) is 42.5 Å². The molecule has 0 spiro atoms. The number of carboxylic acids is 1. The highest BCUT2D eigenvalue weighted by atomic mass is 16.5. The minimum absolute atomic E-state index is 0.0365. The van der Waals surface area contributed by atoms with E-state index in [2.05, 4.69) is 19.2 Å². The molecule has 0 saturated heterocycles. The van der Waals surface area contributed by atoms with Crippen molar-refractivity contribution in [1.29, 1.82) is 0 Å². The van der Waals surface area contributed by atoms with Gasteiger partial charge in [-0.2, -0.15) is 0 Å². The number of fused-ring (bicyclic) bond motifs is 1. The maximum atomic E-state index is 12.1. The second kappa shape index (κ2) is 7.07. The van der Waals surface area contributed by atoms with E-state index in [0.717, 1.165) is 24.2 Å². The third-order valence-corrected chi connectivity index (χ3v) is 4.22. The summed E-state index contributed by atoms with van der Waals surface area (Å²) >= 11 is 0. The molecule has 0 radical (unpaired) electrons. The van der Waals surface area contributed by atoms with Gasteiger partial charge in [0.1, 0.15) is 17.1 Å². The minimum atomic E-state index is -1.10. The van der Waals surface area contributed by atoms with Crippen LogP contribution in [0.2, 0.25) is 0 Å². The number of benzene rings is 2. The van der Waals surface area contributed by atoms with E-state index in [1.807, 2.05) is 12.1 Å². The summed E-state index contributed by atoms with van der Waals surface area (Å²) in [5.74, 6) is -0.101. The molecule has 1 aliphatic rings. The summed E-state index contributed by atoms with van der Waals surface area (Å²) in [6, 6.07) is 11.7. The first-order chi connectivity index (χ1) is 12.3. The fraction of sp³-hybridized carbons (Fsp3) is 0.300. The van der Waals surface area contributed by atoms with Crippen molar-refractivity contribution in [2.24, 2.45) is 0 Å². The smallest absolute Gasteiger partial charge is 0.337 e. The molecule has 0 fully saturated rings. The molecule has 1 heterocycles. The van der Waals surface area contributed by atoms with E-state index in [4.69, 9.17) is 14.6 Å². The highest BCUT2D eigenvalue weighted by Crippen LogP contribution is 2.35. The maximum Gasteiger partial charge on any atom is 0.337 e. The third-order valence-electron chi connectivity index (χ3n) is 4.22. The first-order valence-electron chi connectivity index (χ1n) is 8.41. The standard InChI is InChI=1S/C20H21NO5/c1-20(2)10-9-13-11-14(7-8-17(13)26-20)25-12-18(22)21-16-6-4-3-5-15(16)19(23)24/h3-8,11H,9-10,12H2,1-2H3,(H,21,22)(H,23,24). The van der Waals surface area contributed by atoms with Crippen LogP contribution >= 0.6 is 0 Å². The van der Waals surface area contributed by atoms with E-state index >= 15 is 0 Å².